The molecule has 1 aliphatic heterocycles. The van der Waals surface area contributed by atoms with Crippen LogP contribution in [-0.2, 0) is 18.9 Å². The van der Waals surface area contributed by atoms with Crippen LogP contribution in [0, 0.1) is 0 Å². The highest BCUT2D eigenvalue weighted by Crippen LogP contribution is 2.42. The SMILES string of the molecule is Cn1cc2c(n1)CCC21CCNC1. The molecule has 3 heteroatoms. The second kappa shape index (κ2) is 2.35. The lowest BCUT2D eigenvalue weighted by molar-refractivity contribution is 0.464. The number of nitrogens with one attached hydrogen (secondary N) is 1. The van der Waals surface area contributed by atoms with Crippen LogP contribution in [0.15, 0.2) is 6.20 Å². The predicted molar refractivity (Wildman–Crippen MR) is 50.7 cm³/mol. The molecule has 1 atom stereocenters. The van der Waals surface area contributed by atoms with Crippen molar-refractivity contribution < 1.29 is 0 Å². The number of rotatable bonds is 0. The Morgan fingerprint density at radius 3 is 3.23 bits per heavy atom. The van der Waals surface area contributed by atoms with Crippen molar-refractivity contribution in [2.45, 2.75) is 24.7 Å². The lowest BCUT2D eigenvalue weighted by atomic mass is 9.82. The molecule has 2 aliphatic rings. The van der Waals surface area contributed by atoms with Gasteiger partial charge in [-0.1, -0.05) is 0 Å². The van der Waals surface area contributed by atoms with Crippen molar-refractivity contribution in [2.24, 2.45) is 7.05 Å². The zero-order chi connectivity index (χ0) is 8.89. The van der Waals surface area contributed by atoms with Gasteiger partial charge in [0.25, 0.3) is 0 Å². The molecule has 1 aliphatic carbocycles. The Bertz CT molecular complexity index is 334. The van der Waals surface area contributed by atoms with Crippen LogP contribution in [0.1, 0.15) is 24.1 Å². The van der Waals surface area contributed by atoms with E-state index in [1.54, 1.807) is 0 Å². The molecule has 1 N–H and O–H groups in total. The van der Waals surface area contributed by atoms with E-state index in [2.05, 4.69) is 16.6 Å². The van der Waals surface area contributed by atoms with Gasteiger partial charge in [-0.15, -0.1) is 0 Å². The highest BCUT2D eigenvalue weighted by atomic mass is 15.3. The second-order valence-corrected chi connectivity index (χ2v) is 4.37. The second-order valence-electron chi connectivity index (χ2n) is 4.37. The Morgan fingerprint density at radius 2 is 2.46 bits per heavy atom. The van der Waals surface area contributed by atoms with Gasteiger partial charge in [-0.3, -0.25) is 4.68 Å². The summed E-state index contributed by atoms with van der Waals surface area (Å²) in [6.07, 6.45) is 6.00. The molecular formula is C10H15N3. The van der Waals surface area contributed by atoms with E-state index in [4.69, 9.17) is 0 Å². The third-order valence-electron chi connectivity index (χ3n) is 3.56. The summed E-state index contributed by atoms with van der Waals surface area (Å²) < 4.78 is 1.96. The zero-order valence-corrected chi connectivity index (χ0v) is 8.01. The Morgan fingerprint density at radius 1 is 1.54 bits per heavy atom. The van der Waals surface area contributed by atoms with Gasteiger partial charge in [0, 0.05) is 30.8 Å². The van der Waals surface area contributed by atoms with Crippen molar-refractivity contribution in [3.05, 3.63) is 17.5 Å². The number of hydrogen-bond donors (Lipinski definition) is 1. The summed E-state index contributed by atoms with van der Waals surface area (Å²) in [4.78, 5) is 0. The monoisotopic (exact) mass is 177 g/mol. The van der Waals surface area contributed by atoms with Gasteiger partial charge >= 0.3 is 0 Å². The summed E-state index contributed by atoms with van der Waals surface area (Å²) in [5, 5.41) is 7.97. The van der Waals surface area contributed by atoms with Crippen molar-refractivity contribution in [3.8, 4) is 0 Å². The molecule has 0 aromatic carbocycles. The molecule has 70 valence electrons. The number of nitrogens with zero attached hydrogens (tertiary/aromatic N) is 2. The third kappa shape index (κ3) is 0.908. The fourth-order valence-corrected chi connectivity index (χ4v) is 2.84. The van der Waals surface area contributed by atoms with Gasteiger partial charge in [0.15, 0.2) is 0 Å². The highest BCUT2D eigenvalue weighted by Gasteiger charge is 2.42. The number of aryl methyl sites for hydroxylation is 2. The van der Waals surface area contributed by atoms with Crippen molar-refractivity contribution in [1.29, 1.82) is 0 Å². The Labute approximate surface area is 78.1 Å². The first-order chi connectivity index (χ1) is 6.30. The first-order valence-electron chi connectivity index (χ1n) is 5.04. The van der Waals surface area contributed by atoms with Crippen LogP contribution in [0.4, 0.5) is 0 Å². The quantitative estimate of drug-likeness (QED) is 0.629. The molecule has 3 nitrogen and oxygen atoms in total. The van der Waals surface area contributed by atoms with Crippen molar-refractivity contribution >= 4 is 0 Å². The van der Waals surface area contributed by atoms with E-state index in [-0.39, 0.29) is 0 Å². The average molecular weight is 177 g/mol. The van der Waals surface area contributed by atoms with Gasteiger partial charge < -0.3 is 5.32 Å². The fraction of sp³-hybridized carbons (Fsp3) is 0.700. The number of aromatic nitrogens is 2. The van der Waals surface area contributed by atoms with E-state index in [0.29, 0.717) is 5.41 Å². The molecule has 13 heavy (non-hydrogen) atoms. The van der Waals surface area contributed by atoms with Gasteiger partial charge in [-0.25, -0.2) is 0 Å². The molecule has 0 bridgehead atoms. The summed E-state index contributed by atoms with van der Waals surface area (Å²) in [7, 11) is 2.02. The maximum atomic E-state index is 4.50. The molecule has 2 heterocycles. The fourth-order valence-electron chi connectivity index (χ4n) is 2.84. The lowest BCUT2D eigenvalue weighted by Crippen LogP contribution is -2.25. The van der Waals surface area contributed by atoms with E-state index < -0.39 is 0 Å². The normalized spacial score (nSPS) is 31.5. The molecule has 1 unspecified atom stereocenters. The van der Waals surface area contributed by atoms with E-state index in [1.807, 2.05) is 11.7 Å². The average Bonchev–Trinajstić information content (AvgIpc) is 2.73. The van der Waals surface area contributed by atoms with Gasteiger partial charge in [-0.2, -0.15) is 5.10 Å². The molecule has 3 rings (SSSR count). The molecule has 1 aromatic heterocycles. The molecule has 0 saturated carbocycles. The topological polar surface area (TPSA) is 29.9 Å². The minimum absolute atomic E-state index is 0.448. The summed E-state index contributed by atoms with van der Waals surface area (Å²) in [5.41, 5.74) is 3.30. The van der Waals surface area contributed by atoms with Gasteiger partial charge in [0.2, 0.25) is 0 Å². The zero-order valence-electron chi connectivity index (χ0n) is 8.01. The van der Waals surface area contributed by atoms with Crippen LogP contribution < -0.4 is 5.32 Å². The van der Waals surface area contributed by atoms with Gasteiger partial charge in [0.05, 0.1) is 5.69 Å². The molecular weight excluding hydrogens is 162 g/mol. The standard InChI is InChI=1S/C10H15N3/c1-13-6-8-9(12-13)2-3-10(8)4-5-11-7-10/h6,11H,2-5,7H2,1H3. The summed E-state index contributed by atoms with van der Waals surface area (Å²) >= 11 is 0. The van der Waals surface area contributed by atoms with Crippen LogP contribution >= 0.6 is 0 Å². The maximum absolute atomic E-state index is 4.50. The lowest BCUT2D eigenvalue weighted by Gasteiger charge is -2.21. The van der Waals surface area contributed by atoms with Gasteiger partial charge in [-0.05, 0) is 25.8 Å². The van der Waals surface area contributed by atoms with Crippen LogP contribution in [0.5, 0.6) is 0 Å². The smallest absolute Gasteiger partial charge is 0.0662 e. The van der Waals surface area contributed by atoms with E-state index in [9.17, 15) is 0 Å². The van der Waals surface area contributed by atoms with Crippen molar-refractivity contribution in [2.75, 3.05) is 13.1 Å². The Kier molecular flexibility index (Phi) is 1.37. The first kappa shape index (κ1) is 7.56. The largest absolute Gasteiger partial charge is 0.316 e. The first-order valence-corrected chi connectivity index (χ1v) is 5.04. The van der Waals surface area contributed by atoms with E-state index in [1.165, 1.54) is 37.1 Å². The van der Waals surface area contributed by atoms with E-state index >= 15 is 0 Å². The van der Waals surface area contributed by atoms with Gasteiger partial charge in [0.1, 0.15) is 0 Å². The predicted octanol–water partition coefficient (Wildman–Crippen LogP) is 0.597. The van der Waals surface area contributed by atoms with Crippen LogP contribution in [-0.4, -0.2) is 22.9 Å². The molecule has 1 spiro atoms. The molecule has 0 radical (unpaired) electrons. The Hall–Kier alpha value is -0.830. The summed E-state index contributed by atoms with van der Waals surface area (Å²) in [5.74, 6) is 0. The van der Waals surface area contributed by atoms with E-state index in [0.717, 1.165) is 6.54 Å². The maximum Gasteiger partial charge on any atom is 0.0662 e. The molecule has 0 amide bonds. The van der Waals surface area contributed by atoms with Crippen LogP contribution in [0.25, 0.3) is 0 Å². The highest BCUT2D eigenvalue weighted by molar-refractivity contribution is 5.35. The summed E-state index contributed by atoms with van der Waals surface area (Å²) in [6.45, 7) is 2.33. The molecule has 1 aromatic rings. The molecule has 1 saturated heterocycles. The van der Waals surface area contributed by atoms with Crippen molar-refractivity contribution in [1.82, 2.24) is 15.1 Å². The minimum atomic E-state index is 0.448. The van der Waals surface area contributed by atoms with Crippen LogP contribution in [0.2, 0.25) is 0 Å². The number of fused-ring (bicyclic) bond motifs is 2. The summed E-state index contributed by atoms with van der Waals surface area (Å²) in [6, 6.07) is 0. The number of hydrogen-bond acceptors (Lipinski definition) is 2. The third-order valence-corrected chi connectivity index (χ3v) is 3.56. The molecule has 1 fully saturated rings. The van der Waals surface area contributed by atoms with Crippen LogP contribution in [0.3, 0.4) is 0 Å². The van der Waals surface area contributed by atoms with Crippen molar-refractivity contribution in [3.63, 3.8) is 0 Å². The minimum Gasteiger partial charge on any atom is -0.316 e. The Balaban J connectivity index is 2.09.